The highest BCUT2D eigenvalue weighted by Gasteiger charge is 2.50. The van der Waals surface area contributed by atoms with Crippen LogP contribution in [0.5, 0.6) is 0 Å². The molecule has 9 nitrogen and oxygen atoms in total. The summed E-state index contributed by atoms with van der Waals surface area (Å²) in [7, 11) is -3.73. The monoisotopic (exact) mass is 541 g/mol. The van der Waals surface area contributed by atoms with Gasteiger partial charge in [-0.2, -0.15) is 12.7 Å². The Hall–Kier alpha value is -3.08. The van der Waals surface area contributed by atoms with Crippen LogP contribution in [0.25, 0.3) is 10.9 Å². The lowest BCUT2D eigenvalue weighted by Gasteiger charge is -2.34. The molecule has 4 N–H and O–H groups in total. The normalized spacial score (nSPS) is 24.1. The van der Waals surface area contributed by atoms with E-state index in [0.717, 1.165) is 29.3 Å². The first-order chi connectivity index (χ1) is 17.7. The summed E-state index contributed by atoms with van der Waals surface area (Å²) in [6.45, 7) is 0.674. The van der Waals surface area contributed by atoms with Gasteiger partial charge in [0.2, 0.25) is 5.91 Å². The highest BCUT2D eigenvalue weighted by molar-refractivity contribution is 7.90. The second-order valence-corrected chi connectivity index (χ2v) is 12.5. The van der Waals surface area contributed by atoms with Crippen molar-refractivity contribution in [3.63, 3.8) is 0 Å². The third kappa shape index (κ3) is 4.17. The van der Waals surface area contributed by atoms with Crippen LogP contribution in [0.15, 0.2) is 48.7 Å². The first-order valence-corrected chi connectivity index (χ1v) is 14.2. The molecule has 0 radical (unpaired) electrons. The van der Waals surface area contributed by atoms with E-state index in [0.29, 0.717) is 42.1 Å². The lowest BCUT2D eigenvalue weighted by atomic mass is 9.92. The number of amides is 2. The zero-order valence-electron chi connectivity index (χ0n) is 20.1. The van der Waals surface area contributed by atoms with Gasteiger partial charge in [0.1, 0.15) is 0 Å². The molecule has 2 saturated heterocycles. The molecule has 0 bridgehead atoms. The Balaban J connectivity index is 1.21. The van der Waals surface area contributed by atoms with Gasteiger partial charge in [0.25, 0.3) is 5.91 Å². The summed E-state index contributed by atoms with van der Waals surface area (Å²) in [6.07, 6.45) is 5.14. The molecule has 1 aliphatic carbocycles. The molecule has 2 atom stereocenters. The van der Waals surface area contributed by atoms with E-state index in [1.54, 1.807) is 36.5 Å². The smallest absolute Gasteiger partial charge is 0.304 e. The molecule has 2 amide bonds. The van der Waals surface area contributed by atoms with Gasteiger partial charge < -0.3 is 16.0 Å². The minimum atomic E-state index is -3.73. The van der Waals surface area contributed by atoms with Crippen molar-refractivity contribution < 1.29 is 18.0 Å². The Morgan fingerprint density at radius 2 is 1.92 bits per heavy atom. The van der Waals surface area contributed by atoms with Gasteiger partial charge in [0.15, 0.2) is 0 Å². The first kappa shape index (κ1) is 24.3. The van der Waals surface area contributed by atoms with E-state index in [4.69, 9.17) is 17.3 Å². The number of hydrogen-bond acceptors (Lipinski definition) is 4. The number of nitrogens with one attached hydrogen (secondary N) is 2. The SMILES string of the molecule is NC(=O)CC1(c2ccc(N3C[C@@H]4[C@H](NC(=O)c5ccc6c(Cl)c[nH]c6c5)CCCN4S3(=O)=O)cc2)CC1. The van der Waals surface area contributed by atoms with Crippen LogP contribution >= 0.6 is 11.6 Å². The third-order valence-electron chi connectivity index (χ3n) is 8.00. The number of aromatic amines is 1. The molecule has 0 unspecified atom stereocenters. The van der Waals surface area contributed by atoms with Crippen molar-refractivity contribution >= 4 is 50.2 Å². The molecule has 2 aliphatic heterocycles. The average molecular weight is 542 g/mol. The van der Waals surface area contributed by atoms with Gasteiger partial charge in [-0.05, 0) is 55.5 Å². The fraction of sp³-hybridized carbons (Fsp3) is 0.385. The quantitative estimate of drug-likeness (QED) is 0.443. The molecule has 1 aromatic heterocycles. The second kappa shape index (κ2) is 8.75. The summed E-state index contributed by atoms with van der Waals surface area (Å²) < 4.78 is 29.9. The van der Waals surface area contributed by atoms with Crippen LogP contribution in [-0.2, 0) is 20.4 Å². The topological polar surface area (TPSA) is 129 Å². The van der Waals surface area contributed by atoms with Crippen LogP contribution in [0.4, 0.5) is 5.69 Å². The molecular weight excluding hydrogens is 514 g/mol. The number of nitrogens with two attached hydrogens (primary N) is 1. The van der Waals surface area contributed by atoms with Crippen molar-refractivity contribution in [2.24, 2.45) is 5.73 Å². The number of H-pyrrole nitrogens is 1. The standard InChI is InChI=1S/C26H28ClN5O4S/c27-20-14-29-22-12-16(3-8-19(20)22)25(34)30-21-2-1-11-31-23(21)15-32(37(31,35)36)18-6-4-17(5-7-18)26(9-10-26)13-24(28)33/h3-8,12,14,21,23,29H,1-2,9-11,13,15H2,(H2,28,33)(H,30,34)/t21-,23-/m1/s1. The van der Waals surface area contributed by atoms with Crippen LogP contribution in [0.3, 0.4) is 0 Å². The summed E-state index contributed by atoms with van der Waals surface area (Å²) >= 11 is 6.15. The Bertz CT molecular complexity index is 1500. The van der Waals surface area contributed by atoms with E-state index in [2.05, 4.69) is 10.3 Å². The van der Waals surface area contributed by atoms with E-state index in [-0.39, 0.29) is 35.9 Å². The van der Waals surface area contributed by atoms with E-state index >= 15 is 0 Å². The number of halogens is 1. The Kier molecular flexibility index (Phi) is 5.74. The lowest BCUT2D eigenvalue weighted by molar-refractivity contribution is -0.118. The molecule has 37 heavy (non-hydrogen) atoms. The Morgan fingerprint density at radius 3 is 2.62 bits per heavy atom. The van der Waals surface area contributed by atoms with Crippen molar-refractivity contribution in [2.75, 3.05) is 17.4 Å². The van der Waals surface area contributed by atoms with Crippen molar-refractivity contribution in [3.05, 3.63) is 64.8 Å². The number of rotatable bonds is 6. The van der Waals surface area contributed by atoms with Crippen molar-refractivity contribution in [2.45, 2.75) is 49.6 Å². The maximum atomic E-state index is 13.5. The molecule has 6 rings (SSSR count). The number of carbonyl (C=O) groups excluding carboxylic acids is 2. The fourth-order valence-corrected chi connectivity index (χ4v) is 7.96. The predicted molar refractivity (Wildman–Crippen MR) is 142 cm³/mol. The molecule has 3 aromatic rings. The second-order valence-electron chi connectivity index (χ2n) is 10.3. The average Bonchev–Trinajstić information content (AvgIpc) is 3.47. The summed E-state index contributed by atoms with van der Waals surface area (Å²) in [5.74, 6) is -0.575. The Morgan fingerprint density at radius 1 is 1.16 bits per heavy atom. The predicted octanol–water partition coefficient (Wildman–Crippen LogP) is 3.06. The van der Waals surface area contributed by atoms with E-state index in [1.165, 1.54) is 8.61 Å². The van der Waals surface area contributed by atoms with Gasteiger partial charge in [-0.25, -0.2) is 0 Å². The van der Waals surface area contributed by atoms with Crippen LogP contribution < -0.4 is 15.4 Å². The lowest BCUT2D eigenvalue weighted by Crippen LogP contribution is -2.54. The minimum Gasteiger partial charge on any atom is -0.370 e. The zero-order valence-corrected chi connectivity index (χ0v) is 21.7. The maximum Gasteiger partial charge on any atom is 0.304 e. The van der Waals surface area contributed by atoms with Gasteiger partial charge in [-0.15, -0.1) is 0 Å². The van der Waals surface area contributed by atoms with Gasteiger partial charge in [0, 0.05) is 47.1 Å². The van der Waals surface area contributed by atoms with E-state index < -0.39 is 10.2 Å². The molecular formula is C26H28ClN5O4S. The summed E-state index contributed by atoms with van der Waals surface area (Å²) in [5, 5.41) is 4.51. The molecule has 3 heterocycles. The van der Waals surface area contributed by atoms with Gasteiger partial charge in [0.05, 0.1) is 23.3 Å². The molecule has 0 spiro atoms. The Labute approximate surface area is 220 Å². The molecule has 3 aliphatic rings. The van der Waals surface area contributed by atoms with Gasteiger partial charge in [-0.1, -0.05) is 29.8 Å². The third-order valence-corrected chi connectivity index (χ3v) is 10.3. The number of aromatic nitrogens is 1. The van der Waals surface area contributed by atoms with E-state index in [9.17, 15) is 18.0 Å². The largest absolute Gasteiger partial charge is 0.370 e. The first-order valence-electron chi connectivity index (χ1n) is 12.4. The van der Waals surface area contributed by atoms with Gasteiger partial charge >= 0.3 is 10.2 Å². The summed E-state index contributed by atoms with van der Waals surface area (Å²) in [4.78, 5) is 27.6. The van der Waals surface area contributed by atoms with Crippen molar-refractivity contribution in [3.8, 4) is 0 Å². The number of anilines is 1. The molecule has 11 heteroatoms. The highest BCUT2D eigenvalue weighted by atomic mass is 35.5. The number of primary amides is 1. The van der Waals surface area contributed by atoms with Crippen LogP contribution in [0.2, 0.25) is 5.02 Å². The van der Waals surface area contributed by atoms with Gasteiger partial charge in [-0.3, -0.25) is 13.9 Å². The number of benzene rings is 2. The van der Waals surface area contributed by atoms with Crippen LogP contribution in [0, 0.1) is 0 Å². The molecule has 1 saturated carbocycles. The van der Waals surface area contributed by atoms with Crippen LogP contribution in [0.1, 0.15) is 48.0 Å². The number of nitrogens with zero attached hydrogens (tertiary/aromatic N) is 2. The fourth-order valence-electron chi connectivity index (χ4n) is 5.85. The number of hydrogen-bond donors (Lipinski definition) is 3. The van der Waals surface area contributed by atoms with Crippen molar-refractivity contribution in [1.82, 2.24) is 14.6 Å². The number of piperidine rings is 1. The number of carbonyl (C=O) groups is 2. The van der Waals surface area contributed by atoms with E-state index in [1.807, 2.05) is 12.1 Å². The number of fused-ring (bicyclic) bond motifs is 2. The highest BCUT2D eigenvalue weighted by Crippen LogP contribution is 2.51. The van der Waals surface area contributed by atoms with Crippen molar-refractivity contribution in [1.29, 1.82) is 0 Å². The summed E-state index contributed by atoms with van der Waals surface area (Å²) in [5.41, 5.74) is 8.06. The zero-order chi connectivity index (χ0) is 25.9. The molecule has 194 valence electrons. The minimum absolute atomic E-state index is 0.213. The van der Waals surface area contributed by atoms with Crippen LogP contribution in [-0.4, -0.2) is 54.7 Å². The molecule has 3 fully saturated rings. The molecule has 2 aromatic carbocycles. The summed E-state index contributed by atoms with van der Waals surface area (Å²) in [6, 6.07) is 12.0. The maximum absolute atomic E-state index is 13.5.